The van der Waals surface area contributed by atoms with Crippen molar-refractivity contribution in [3.05, 3.63) is 60.2 Å². The summed E-state index contributed by atoms with van der Waals surface area (Å²) in [5, 5.41) is 7.16. The summed E-state index contributed by atoms with van der Waals surface area (Å²) in [5.74, 6) is -4.41. The lowest BCUT2D eigenvalue weighted by atomic mass is 9.98. The van der Waals surface area contributed by atoms with Crippen molar-refractivity contribution >= 4 is 34.7 Å². The van der Waals surface area contributed by atoms with Gasteiger partial charge in [0, 0.05) is 5.69 Å². The van der Waals surface area contributed by atoms with Gasteiger partial charge in [-0.3, -0.25) is 14.4 Å². The Bertz CT molecular complexity index is 971. The first-order valence-corrected chi connectivity index (χ1v) is 8.15. The van der Waals surface area contributed by atoms with E-state index in [1.54, 1.807) is 30.3 Å². The van der Waals surface area contributed by atoms with E-state index in [2.05, 4.69) is 10.4 Å². The topological polar surface area (TPSA) is 78.8 Å². The molecule has 0 radical (unpaired) electrons. The van der Waals surface area contributed by atoms with E-state index in [0.717, 1.165) is 17.1 Å². The van der Waals surface area contributed by atoms with Gasteiger partial charge in [-0.1, -0.05) is 24.3 Å². The molecule has 2 aromatic carbocycles. The number of carbonyl (C=O) groups excluding carboxylic acids is 3. The van der Waals surface area contributed by atoms with Crippen LogP contribution in [0.5, 0.6) is 0 Å². The summed E-state index contributed by atoms with van der Waals surface area (Å²) in [4.78, 5) is 37.3. The standard InChI is InChI=1S/C19H14F3N3O3/c1-11-15(18(28)25(24-11)14-8-3-2-4-9-14)16(26)17(27)23-13-7-5-6-12(10-13)19(20,21)22/h2-10,15H,1H3,(H,23,27). The highest BCUT2D eigenvalue weighted by atomic mass is 19.4. The first-order valence-electron chi connectivity index (χ1n) is 8.15. The van der Waals surface area contributed by atoms with Gasteiger partial charge in [0.1, 0.15) is 5.92 Å². The summed E-state index contributed by atoms with van der Waals surface area (Å²) in [5.41, 5.74) is -0.616. The van der Waals surface area contributed by atoms with Gasteiger partial charge in [0.15, 0.2) is 0 Å². The zero-order valence-electron chi connectivity index (χ0n) is 14.5. The van der Waals surface area contributed by atoms with Crippen LogP contribution in [-0.4, -0.2) is 23.3 Å². The molecule has 0 saturated carbocycles. The molecular formula is C19H14F3N3O3. The average molecular weight is 389 g/mol. The summed E-state index contributed by atoms with van der Waals surface area (Å²) < 4.78 is 38.3. The molecule has 2 amide bonds. The number of halogens is 3. The van der Waals surface area contributed by atoms with Gasteiger partial charge in [-0.25, -0.2) is 0 Å². The molecule has 6 nitrogen and oxygen atoms in total. The Hall–Kier alpha value is -3.49. The fourth-order valence-electron chi connectivity index (χ4n) is 2.72. The lowest BCUT2D eigenvalue weighted by Crippen LogP contribution is -2.39. The normalized spacial score (nSPS) is 16.7. The third-order valence-corrected chi connectivity index (χ3v) is 4.07. The van der Waals surface area contributed by atoms with E-state index in [1.165, 1.54) is 13.0 Å². The van der Waals surface area contributed by atoms with E-state index >= 15 is 0 Å². The number of anilines is 2. The number of para-hydroxylation sites is 1. The van der Waals surface area contributed by atoms with Crippen molar-refractivity contribution in [2.45, 2.75) is 13.1 Å². The molecule has 0 aliphatic carbocycles. The van der Waals surface area contributed by atoms with E-state index < -0.39 is 35.3 Å². The highest BCUT2D eigenvalue weighted by Crippen LogP contribution is 2.31. The maximum atomic E-state index is 12.8. The Balaban J connectivity index is 1.76. The van der Waals surface area contributed by atoms with E-state index in [1.807, 2.05) is 0 Å². The molecule has 0 fully saturated rings. The van der Waals surface area contributed by atoms with Crippen LogP contribution in [-0.2, 0) is 20.6 Å². The quantitative estimate of drug-likeness (QED) is 0.644. The molecule has 144 valence electrons. The Morgan fingerprint density at radius 2 is 1.75 bits per heavy atom. The Kier molecular flexibility index (Phi) is 5.00. The van der Waals surface area contributed by atoms with Gasteiger partial charge < -0.3 is 5.32 Å². The molecule has 0 spiro atoms. The van der Waals surface area contributed by atoms with Crippen LogP contribution in [0.15, 0.2) is 59.7 Å². The third kappa shape index (κ3) is 3.78. The van der Waals surface area contributed by atoms with Gasteiger partial charge in [-0.15, -0.1) is 0 Å². The Morgan fingerprint density at radius 1 is 1.07 bits per heavy atom. The summed E-state index contributed by atoms with van der Waals surface area (Å²) in [6, 6.07) is 12.2. The first kappa shape index (κ1) is 19.3. The lowest BCUT2D eigenvalue weighted by Gasteiger charge is -2.14. The third-order valence-electron chi connectivity index (χ3n) is 4.07. The van der Waals surface area contributed by atoms with Crippen LogP contribution >= 0.6 is 0 Å². The van der Waals surface area contributed by atoms with E-state index in [4.69, 9.17) is 0 Å². The van der Waals surface area contributed by atoms with Crippen LogP contribution in [0.3, 0.4) is 0 Å². The number of nitrogens with zero attached hydrogens (tertiary/aromatic N) is 2. The fourth-order valence-corrected chi connectivity index (χ4v) is 2.72. The first-order chi connectivity index (χ1) is 13.2. The van der Waals surface area contributed by atoms with Crippen LogP contribution in [0, 0.1) is 5.92 Å². The number of nitrogens with one attached hydrogen (secondary N) is 1. The molecule has 3 rings (SSSR count). The molecule has 1 aliphatic heterocycles. The average Bonchev–Trinajstić information content (AvgIpc) is 2.95. The zero-order chi connectivity index (χ0) is 20.5. The summed E-state index contributed by atoms with van der Waals surface area (Å²) in [6.07, 6.45) is -4.59. The van der Waals surface area contributed by atoms with Crippen molar-refractivity contribution in [1.82, 2.24) is 0 Å². The number of hydrogen-bond donors (Lipinski definition) is 1. The predicted octanol–water partition coefficient (Wildman–Crippen LogP) is 3.25. The van der Waals surface area contributed by atoms with Crippen molar-refractivity contribution in [3.8, 4) is 0 Å². The smallest absolute Gasteiger partial charge is 0.319 e. The number of hydrogen-bond acceptors (Lipinski definition) is 4. The molecule has 0 aromatic heterocycles. The van der Waals surface area contributed by atoms with Crippen molar-refractivity contribution < 1.29 is 27.6 Å². The molecule has 1 N–H and O–H groups in total. The minimum Gasteiger partial charge on any atom is -0.319 e. The predicted molar refractivity (Wildman–Crippen MR) is 95.6 cm³/mol. The largest absolute Gasteiger partial charge is 0.416 e. The van der Waals surface area contributed by atoms with Crippen molar-refractivity contribution in [1.29, 1.82) is 0 Å². The monoisotopic (exact) mass is 389 g/mol. The molecule has 28 heavy (non-hydrogen) atoms. The van der Waals surface area contributed by atoms with Gasteiger partial charge in [-0.05, 0) is 37.3 Å². The van der Waals surface area contributed by atoms with Gasteiger partial charge in [0.2, 0.25) is 5.78 Å². The molecule has 9 heteroatoms. The SMILES string of the molecule is CC1=NN(c2ccccc2)C(=O)C1C(=O)C(=O)Nc1cccc(C(F)(F)F)c1. The second-order valence-corrected chi connectivity index (χ2v) is 6.06. The van der Waals surface area contributed by atoms with E-state index in [0.29, 0.717) is 11.8 Å². The van der Waals surface area contributed by atoms with Gasteiger partial charge in [0.25, 0.3) is 11.8 Å². The number of rotatable bonds is 4. The summed E-state index contributed by atoms with van der Waals surface area (Å²) in [7, 11) is 0. The number of carbonyl (C=O) groups is 3. The maximum absolute atomic E-state index is 12.8. The second-order valence-electron chi connectivity index (χ2n) is 6.06. The molecule has 1 atom stereocenters. The number of ketones is 1. The minimum absolute atomic E-state index is 0.123. The molecule has 1 heterocycles. The summed E-state index contributed by atoms with van der Waals surface area (Å²) >= 11 is 0. The molecular weight excluding hydrogens is 375 g/mol. The number of hydrazone groups is 1. The number of benzene rings is 2. The van der Waals surface area contributed by atoms with Gasteiger partial charge >= 0.3 is 6.18 Å². The van der Waals surface area contributed by atoms with Crippen LogP contribution in [0.25, 0.3) is 0 Å². The van der Waals surface area contributed by atoms with Crippen molar-refractivity contribution in [2.24, 2.45) is 11.0 Å². The van der Waals surface area contributed by atoms with Crippen LogP contribution in [0.4, 0.5) is 24.5 Å². The van der Waals surface area contributed by atoms with Crippen LogP contribution in [0.2, 0.25) is 0 Å². The molecule has 0 saturated heterocycles. The highest BCUT2D eigenvalue weighted by molar-refractivity contribution is 6.50. The van der Waals surface area contributed by atoms with Crippen molar-refractivity contribution in [2.75, 3.05) is 10.3 Å². The zero-order valence-corrected chi connectivity index (χ0v) is 14.5. The number of alkyl halides is 3. The fraction of sp³-hybridized carbons (Fsp3) is 0.158. The lowest BCUT2D eigenvalue weighted by molar-refractivity contribution is -0.138. The highest BCUT2D eigenvalue weighted by Gasteiger charge is 2.42. The maximum Gasteiger partial charge on any atom is 0.416 e. The van der Waals surface area contributed by atoms with E-state index in [-0.39, 0.29) is 11.4 Å². The number of Topliss-reactive ketones (excluding diaryl/α,β-unsaturated/α-hetero) is 1. The molecule has 2 aromatic rings. The van der Waals surface area contributed by atoms with Gasteiger partial charge in [0.05, 0.1) is 17.0 Å². The van der Waals surface area contributed by atoms with Crippen LogP contribution < -0.4 is 10.3 Å². The van der Waals surface area contributed by atoms with Gasteiger partial charge in [-0.2, -0.15) is 23.3 Å². The Labute approximate surface area is 157 Å². The molecule has 1 unspecified atom stereocenters. The van der Waals surface area contributed by atoms with E-state index in [9.17, 15) is 27.6 Å². The van der Waals surface area contributed by atoms with Crippen molar-refractivity contribution in [3.63, 3.8) is 0 Å². The summed E-state index contributed by atoms with van der Waals surface area (Å²) in [6.45, 7) is 1.43. The second kappa shape index (κ2) is 7.26. The minimum atomic E-state index is -4.59. The Morgan fingerprint density at radius 3 is 2.39 bits per heavy atom. The number of amides is 2. The van der Waals surface area contributed by atoms with Crippen LogP contribution in [0.1, 0.15) is 12.5 Å². The molecule has 1 aliphatic rings. The molecule has 0 bridgehead atoms.